The first-order valence-electron chi connectivity index (χ1n) is 7.83. The van der Waals surface area contributed by atoms with Crippen molar-refractivity contribution in [2.75, 3.05) is 5.32 Å². The number of primary amides is 1. The van der Waals surface area contributed by atoms with Crippen LogP contribution in [0.2, 0.25) is 0 Å². The molecule has 0 saturated carbocycles. The topological polar surface area (TPSA) is 90.1 Å². The Bertz CT molecular complexity index is 1000. The van der Waals surface area contributed by atoms with E-state index in [9.17, 15) is 18.0 Å². The molecule has 0 aliphatic rings. The van der Waals surface area contributed by atoms with Gasteiger partial charge in [-0.3, -0.25) is 4.79 Å². The van der Waals surface area contributed by atoms with E-state index < -0.39 is 17.6 Å². The molecule has 0 saturated heterocycles. The summed E-state index contributed by atoms with van der Waals surface area (Å²) < 4.78 is 45.6. The van der Waals surface area contributed by atoms with Gasteiger partial charge in [-0.1, -0.05) is 0 Å². The highest BCUT2D eigenvalue weighted by Crippen LogP contribution is 2.41. The van der Waals surface area contributed by atoms with E-state index in [2.05, 4.69) is 15.3 Å². The summed E-state index contributed by atoms with van der Waals surface area (Å²) in [6.45, 7) is 3.56. The van der Waals surface area contributed by atoms with E-state index in [-0.39, 0.29) is 33.5 Å². The fraction of sp³-hybridized carbons (Fsp3) is 0.235. The minimum atomic E-state index is -4.54. The van der Waals surface area contributed by atoms with E-state index in [1.165, 1.54) is 24.5 Å². The van der Waals surface area contributed by atoms with E-state index >= 15 is 0 Å². The lowest BCUT2D eigenvalue weighted by Gasteiger charge is -2.17. The Hall–Kier alpha value is -2.88. The van der Waals surface area contributed by atoms with Crippen molar-refractivity contribution in [3.05, 3.63) is 41.0 Å². The highest BCUT2D eigenvalue weighted by atomic mass is 32.1. The summed E-state index contributed by atoms with van der Waals surface area (Å²) in [7, 11) is 0. The molecule has 27 heavy (non-hydrogen) atoms. The number of nitrogens with zero attached hydrogens (tertiary/aromatic N) is 2. The number of alkyl halides is 3. The van der Waals surface area contributed by atoms with E-state index in [0.29, 0.717) is 5.69 Å². The predicted molar refractivity (Wildman–Crippen MR) is 96.4 cm³/mol. The molecular weight excluding hydrogens is 381 g/mol. The standard InChI is InChI=1S/C17H15F3N4O2S/c1-8(2)26-12-5-9(14(21)25)3-4-11(12)24-15-13-10(17(18,19)20)6-27-16(13)23-7-22-15/h3-8H,1-2H3,(H2,21,25)(H,22,23,24). The summed E-state index contributed by atoms with van der Waals surface area (Å²) in [5.74, 6) is -0.373. The van der Waals surface area contributed by atoms with E-state index in [1.54, 1.807) is 13.8 Å². The second-order valence-corrected chi connectivity index (χ2v) is 6.77. The first-order valence-corrected chi connectivity index (χ1v) is 8.71. The molecule has 2 heterocycles. The molecule has 0 aliphatic carbocycles. The molecule has 6 nitrogen and oxygen atoms in total. The lowest BCUT2D eigenvalue weighted by Crippen LogP contribution is -2.13. The van der Waals surface area contributed by atoms with Crippen LogP contribution in [0.3, 0.4) is 0 Å². The molecule has 1 aromatic carbocycles. The van der Waals surface area contributed by atoms with Crippen molar-refractivity contribution in [3.8, 4) is 5.75 Å². The maximum absolute atomic E-state index is 13.3. The summed E-state index contributed by atoms with van der Waals surface area (Å²) in [5, 5.41) is 3.75. The molecular formula is C17H15F3N4O2S. The number of carbonyl (C=O) groups excluding carboxylic acids is 1. The molecule has 142 valence electrons. The van der Waals surface area contributed by atoms with E-state index in [1.807, 2.05) is 0 Å². The molecule has 3 aromatic rings. The fourth-order valence-electron chi connectivity index (χ4n) is 2.44. The van der Waals surface area contributed by atoms with Gasteiger partial charge in [0.1, 0.15) is 22.7 Å². The Labute approximate surface area is 156 Å². The summed E-state index contributed by atoms with van der Waals surface area (Å²) in [6, 6.07) is 4.39. The van der Waals surface area contributed by atoms with Crippen molar-refractivity contribution in [3.63, 3.8) is 0 Å². The Morgan fingerprint density at radius 2 is 2.04 bits per heavy atom. The van der Waals surface area contributed by atoms with Gasteiger partial charge in [0.05, 0.1) is 22.7 Å². The normalized spacial score (nSPS) is 11.8. The number of rotatable bonds is 5. The smallest absolute Gasteiger partial charge is 0.418 e. The number of halogens is 3. The van der Waals surface area contributed by atoms with Crippen LogP contribution in [0.1, 0.15) is 29.8 Å². The van der Waals surface area contributed by atoms with Crippen LogP contribution in [-0.2, 0) is 6.18 Å². The zero-order chi connectivity index (χ0) is 19.8. The molecule has 2 aromatic heterocycles. The third kappa shape index (κ3) is 3.95. The molecule has 0 unspecified atom stereocenters. The number of carbonyl (C=O) groups is 1. The van der Waals surface area contributed by atoms with Gasteiger partial charge in [-0.25, -0.2) is 9.97 Å². The van der Waals surface area contributed by atoms with Gasteiger partial charge in [-0.2, -0.15) is 13.2 Å². The van der Waals surface area contributed by atoms with Crippen LogP contribution >= 0.6 is 11.3 Å². The van der Waals surface area contributed by atoms with Crippen molar-refractivity contribution < 1.29 is 22.7 Å². The lowest BCUT2D eigenvalue weighted by atomic mass is 10.1. The number of nitrogens with one attached hydrogen (secondary N) is 1. The fourth-order valence-corrected chi connectivity index (χ4v) is 3.35. The minimum absolute atomic E-state index is 0.00555. The van der Waals surface area contributed by atoms with Crippen LogP contribution in [0.4, 0.5) is 24.7 Å². The Morgan fingerprint density at radius 3 is 2.67 bits per heavy atom. The lowest BCUT2D eigenvalue weighted by molar-refractivity contribution is -0.136. The largest absolute Gasteiger partial charge is 0.489 e. The molecule has 10 heteroatoms. The summed E-state index contributed by atoms with van der Waals surface area (Å²) in [6.07, 6.45) is -3.58. The third-order valence-corrected chi connectivity index (χ3v) is 4.44. The number of amides is 1. The van der Waals surface area contributed by atoms with Crippen LogP contribution in [-0.4, -0.2) is 22.0 Å². The molecule has 0 atom stereocenters. The molecule has 0 spiro atoms. The average molecular weight is 396 g/mol. The average Bonchev–Trinajstić information content (AvgIpc) is 3.01. The number of anilines is 2. The first kappa shape index (κ1) is 18.9. The Morgan fingerprint density at radius 1 is 1.30 bits per heavy atom. The first-order chi connectivity index (χ1) is 12.7. The van der Waals surface area contributed by atoms with Gasteiger partial charge < -0.3 is 15.8 Å². The van der Waals surface area contributed by atoms with E-state index in [4.69, 9.17) is 10.5 Å². The number of aromatic nitrogens is 2. The van der Waals surface area contributed by atoms with Crippen LogP contribution in [0.5, 0.6) is 5.75 Å². The van der Waals surface area contributed by atoms with Crippen molar-refractivity contribution in [2.45, 2.75) is 26.1 Å². The highest BCUT2D eigenvalue weighted by molar-refractivity contribution is 7.17. The molecule has 0 bridgehead atoms. The monoisotopic (exact) mass is 396 g/mol. The van der Waals surface area contributed by atoms with Gasteiger partial charge in [0.25, 0.3) is 0 Å². The SMILES string of the molecule is CC(C)Oc1cc(C(N)=O)ccc1Nc1ncnc2scc(C(F)(F)F)c12. The second kappa shape index (κ2) is 7.03. The zero-order valence-electron chi connectivity index (χ0n) is 14.3. The second-order valence-electron chi connectivity index (χ2n) is 5.92. The molecule has 3 N–H and O–H groups in total. The summed E-state index contributed by atoms with van der Waals surface area (Å²) in [4.78, 5) is 19.5. The highest BCUT2D eigenvalue weighted by Gasteiger charge is 2.35. The molecule has 0 radical (unpaired) electrons. The van der Waals surface area contributed by atoms with Crippen LogP contribution in [0, 0.1) is 0 Å². The minimum Gasteiger partial charge on any atom is -0.489 e. The number of thiophene rings is 1. The molecule has 0 fully saturated rings. The number of fused-ring (bicyclic) bond motifs is 1. The number of ether oxygens (including phenoxy) is 1. The van der Waals surface area contributed by atoms with Crippen molar-refractivity contribution in [2.24, 2.45) is 5.73 Å². The van der Waals surface area contributed by atoms with Crippen molar-refractivity contribution >= 4 is 39.0 Å². The van der Waals surface area contributed by atoms with Crippen molar-refractivity contribution in [1.82, 2.24) is 9.97 Å². The maximum Gasteiger partial charge on any atom is 0.418 e. The number of hydrogen-bond acceptors (Lipinski definition) is 6. The summed E-state index contributed by atoms with van der Waals surface area (Å²) in [5.41, 5.74) is 5.04. The summed E-state index contributed by atoms with van der Waals surface area (Å²) >= 11 is 0.883. The zero-order valence-corrected chi connectivity index (χ0v) is 15.1. The number of nitrogens with two attached hydrogens (primary N) is 1. The van der Waals surface area contributed by atoms with Gasteiger partial charge in [0.15, 0.2) is 0 Å². The number of benzene rings is 1. The quantitative estimate of drug-likeness (QED) is 0.670. The molecule has 3 rings (SSSR count). The Kier molecular flexibility index (Phi) is 4.92. The molecule has 0 aliphatic heterocycles. The van der Waals surface area contributed by atoms with Crippen LogP contribution < -0.4 is 15.8 Å². The van der Waals surface area contributed by atoms with Gasteiger partial charge in [-0.05, 0) is 32.0 Å². The van der Waals surface area contributed by atoms with Gasteiger partial charge in [0, 0.05) is 10.9 Å². The third-order valence-electron chi connectivity index (χ3n) is 3.56. The van der Waals surface area contributed by atoms with Gasteiger partial charge >= 0.3 is 6.18 Å². The van der Waals surface area contributed by atoms with E-state index in [0.717, 1.165) is 16.7 Å². The van der Waals surface area contributed by atoms with Crippen LogP contribution in [0.15, 0.2) is 29.9 Å². The Balaban J connectivity index is 2.10. The number of hydrogen-bond donors (Lipinski definition) is 2. The van der Waals surface area contributed by atoms with Crippen molar-refractivity contribution in [1.29, 1.82) is 0 Å². The van der Waals surface area contributed by atoms with Gasteiger partial charge in [0.2, 0.25) is 5.91 Å². The maximum atomic E-state index is 13.3. The molecule has 1 amide bonds. The van der Waals surface area contributed by atoms with Gasteiger partial charge in [-0.15, -0.1) is 11.3 Å². The van der Waals surface area contributed by atoms with Crippen LogP contribution in [0.25, 0.3) is 10.2 Å². The predicted octanol–water partition coefficient (Wildman–Crippen LogP) is 4.34.